The van der Waals surface area contributed by atoms with Crippen molar-refractivity contribution in [3.8, 4) is 17.2 Å². The molecule has 61 heavy (non-hydrogen) atoms. The Labute approximate surface area is 360 Å². The van der Waals surface area contributed by atoms with E-state index in [9.17, 15) is 15.0 Å². The maximum absolute atomic E-state index is 14.6. The van der Waals surface area contributed by atoms with Gasteiger partial charge in [0.1, 0.15) is 29.9 Å². The van der Waals surface area contributed by atoms with Gasteiger partial charge in [-0.15, -0.1) is 6.58 Å². The van der Waals surface area contributed by atoms with Crippen LogP contribution in [0.2, 0.25) is 0 Å². The maximum Gasteiger partial charge on any atom is 0.410 e. The molecule has 3 aliphatic rings. The lowest BCUT2D eigenvalue weighted by Crippen LogP contribution is -2.70. The van der Waals surface area contributed by atoms with Gasteiger partial charge in [-0.3, -0.25) is 4.90 Å². The first-order valence-corrected chi connectivity index (χ1v) is 22.1. The number of oxime groups is 1. The van der Waals surface area contributed by atoms with Gasteiger partial charge in [0.25, 0.3) is 0 Å². The molecule has 1 saturated carbocycles. The molecule has 0 radical (unpaired) electrons. The summed E-state index contributed by atoms with van der Waals surface area (Å²) in [7, 11) is 0. The third-order valence-electron chi connectivity index (χ3n) is 12.8. The third-order valence-corrected chi connectivity index (χ3v) is 12.8. The predicted octanol–water partition coefficient (Wildman–Crippen LogP) is 10.6. The summed E-state index contributed by atoms with van der Waals surface area (Å²) in [6.07, 6.45) is 8.59. The summed E-state index contributed by atoms with van der Waals surface area (Å²) < 4.78 is 27.1. The summed E-state index contributed by atoms with van der Waals surface area (Å²) in [5.41, 5.74) is 6.00. The van der Waals surface area contributed by atoms with Gasteiger partial charge in [-0.1, -0.05) is 78.7 Å². The van der Waals surface area contributed by atoms with Gasteiger partial charge in [-0.2, -0.15) is 0 Å². The van der Waals surface area contributed by atoms with Gasteiger partial charge in [0, 0.05) is 31.1 Å². The molecule has 10 heteroatoms. The van der Waals surface area contributed by atoms with Crippen molar-refractivity contribution in [1.82, 2.24) is 4.90 Å². The number of amides is 1. The SMILES string of the molecule is C=CCO[C@@]12Oc3ccc(Oc4ccc(C)c(C)c4)cc3[C@H]3[C@H](CCCCO)[C@@H](CCCCO)C=C(C(=NOCC)C[C@@H]1N(Cc1cccc4ccccc14)C(=O)OCC)[C@H]32. The first-order valence-electron chi connectivity index (χ1n) is 22.1. The number of carbonyl (C=O) groups excluding carboxylic acids is 1. The number of nitrogens with zero attached hydrogens (tertiary/aromatic N) is 2. The average Bonchev–Trinajstić information content (AvgIpc) is 3.27. The van der Waals surface area contributed by atoms with Crippen LogP contribution < -0.4 is 9.47 Å². The number of benzene rings is 4. The van der Waals surface area contributed by atoms with Gasteiger partial charge >= 0.3 is 6.09 Å². The molecule has 0 saturated heterocycles. The Morgan fingerprint density at radius 3 is 2.43 bits per heavy atom. The largest absolute Gasteiger partial charge is 0.459 e. The molecule has 1 aliphatic heterocycles. The number of carbonyl (C=O) groups is 1. The van der Waals surface area contributed by atoms with Crippen LogP contribution in [0.25, 0.3) is 10.8 Å². The number of ether oxygens (including phenoxy) is 4. The highest BCUT2D eigenvalue weighted by atomic mass is 16.7. The molecule has 10 nitrogen and oxygen atoms in total. The monoisotopic (exact) mass is 830 g/mol. The Kier molecular flexibility index (Phi) is 14.5. The number of hydrogen-bond acceptors (Lipinski definition) is 9. The first kappa shape index (κ1) is 43.9. The van der Waals surface area contributed by atoms with Gasteiger partial charge in [-0.25, -0.2) is 4.79 Å². The highest BCUT2D eigenvalue weighted by molar-refractivity contribution is 6.03. The lowest BCUT2D eigenvalue weighted by Gasteiger charge is -2.59. The van der Waals surface area contributed by atoms with E-state index in [0.717, 1.165) is 70.2 Å². The first-order chi connectivity index (χ1) is 29.8. The number of hydrogen-bond donors (Lipinski definition) is 2. The van der Waals surface area contributed by atoms with Crippen molar-refractivity contribution < 1.29 is 38.8 Å². The van der Waals surface area contributed by atoms with E-state index < -0.39 is 23.8 Å². The van der Waals surface area contributed by atoms with Crippen LogP contribution >= 0.6 is 0 Å². The summed E-state index contributed by atoms with van der Waals surface area (Å²) >= 11 is 0. The Bertz CT molecular complexity index is 2210. The molecule has 0 bridgehead atoms. The van der Waals surface area contributed by atoms with Crippen LogP contribution in [0.1, 0.15) is 87.0 Å². The highest BCUT2D eigenvalue weighted by Gasteiger charge is 2.65. The molecule has 2 aliphatic carbocycles. The number of unbranched alkanes of at least 4 members (excludes halogenated alkanes) is 2. The quantitative estimate of drug-likeness (QED) is 0.0545. The second-order valence-corrected chi connectivity index (χ2v) is 16.5. The Balaban J connectivity index is 1.46. The van der Waals surface area contributed by atoms with Crippen LogP contribution in [0.15, 0.2) is 108 Å². The molecule has 0 aromatic heterocycles. The molecule has 6 atom stereocenters. The molecular formula is C51H62N2O8. The highest BCUT2D eigenvalue weighted by Crippen LogP contribution is 2.62. The fourth-order valence-electron chi connectivity index (χ4n) is 9.89. The zero-order valence-corrected chi connectivity index (χ0v) is 36.2. The zero-order valence-electron chi connectivity index (χ0n) is 36.2. The van der Waals surface area contributed by atoms with E-state index in [4.69, 9.17) is 28.9 Å². The minimum atomic E-state index is -1.41. The summed E-state index contributed by atoms with van der Waals surface area (Å²) in [6, 6.07) is 25.8. The Hall–Kier alpha value is -5.16. The van der Waals surface area contributed by atoms with E-state index in [1.165, 1.54) is 5.56 Å². The van der Waals surface area contributed by atoms with Crippen LogP contribution in [-0.2, 0) is 20.9 Å². The lowest BCUT2D eigenvalue weighted by molar-refractivity contribution is -0.256. The summed E-state index contributed by atoms with van der Waals surface area (Å²) in [5, 5.41) is 26.8. The molecule has 2 N–H and O–H groups in total. The molecule has 1 fully saturated rings. The number of rotatable bonds is 19. The zero-order chi connectivity index (χ0) is 42.9. The standard InChI is InChI=1S/C51H62N2O8/c1-6-28-58-51-47(53(50(56)57-7-2)33-38-19-15-18-36-16-9-10-20-41(36)38)32-45(52-59-8-3)43-30-37(17-11-13-26-54)42(21-12-14-27-55)48(49(43)51)44-31-40(24-25-46(44)61-51)60-39-23-22-34(4)35(5)29-39/h6,9-10,15-16,18-20,22-25,29-31,37,42,47-49,54-55H,1,7-8,11-14,17,21,26-28,32-33H2,2-5H3/t37-,42+,47-,48+,49+,51+/m0/s1. The second-order valence-electron chi connectivity index (χ2n) is 16.5. The van der Waals surface area contributed by atoms with Crippen molar-refractivity contribution in [3.05, 3.63) is 125 Å². The minimum absolute atomic E-state index is 0.0754. The minimum Gasteiger partial charge on any atom is -0.459 e. The molecule has 1 heterocycles. The third kappa shape index (κ3) is 9.22. The van der Waals surface area contributed by atoms with Crippen LogP contribution in [0.4, 0.5) is 4.79 Å². The Morgan fingerprint density at radius 2 is 1.67 bits per heavy atom. The number of aliphatic hydroxyl groups excluding tert-OH is 2. The van der Waals surface area contributed by atoms with Crippen molar-refractivity contribution in [2.75, 3.05) is 33.0 Å². The van der Waals surface area contributed by atoms with Crippen molar-refractivity contribution >= 4 is 22.6 Å². The van der Waals surface area contributed by atoms with Gasteiger partial charge in [-0.05, 0) is 129 Å². The van der Waals surface area contributed by atoms with Gasteiger partial charge in [0.2, 0.25) is 5.79 Å². The topological polar surface area (TPSA) is 119 Å². The normalized spacial score (nSPS) is 23.3. The molecule has 1 amide bonds. The van der Waals surface area contributed by atoms with E-state index in [1.807, 2.05) is 50.2 Å². The van der Waals surface area contributed by atoms with Crippen molar-refractivity contribution in [2.24, 2.45) is 22.9 Å². The van der Waals surface area contributed by atoms with Crippen molar-refractivity contribution in [1.29, 1.82) is 0 Å². The van der Waals surface area contributed by atoms with Gasteiger partial charge in [0.15, 0.2) is 0 Å². The fraction of sp³-hybridized carbons (Fsp3) is 0.451. The maximum atomic E-state index is 14.6. The molecule has 4 aromatic carbocycles. The molecule has 0 unspecified atom stereocenters. The summed E-state index contributed by atoms with van der Waals surface area (Å²) in [6.45, 7) is 13.1. The average molecular weight is 831 g/mol. The van der Waals surface area contributed by atoms with E-state index >= 15 is 0 Å². The molecule has 7 rings (SSSR count). The molecule has 324 valence electrons. The fourth-order valence-corrected chi connectivity index (χ4v) is 9.89. The van der Waals surface area contributed by atoms with E-state index in [0.29, 0.717) is 30.9 Å². The van der Waals surface area contributed by atoms with Crippen molar-refractivity contribution in [2.45, 2.75) is 96.9 Å². The summed E-state index contributed by atoms with van der Waals surface area (Å²) in [5.74, 6) is 0.216. The molecular weight excluding hydrogens is 769 g/mol. The van der Waals surface area contributed by atoms with Crippen LogP contribution in [0.5, 0.6) is 17.2 Å². The number of aliphatic hydroxyl groups is 2. The second kappa shape index (κ2) is 20.1. The van der Waals surface area contributed by atoms with Crippen LogP contribution in [-0.4, -0.2) is 71.8 Å². The van der Waals surface area contributed by atoms with Crippen molar-refractivity contribution in [3.63, 3.8) is 0 Å². The predicted molar refractivity (Wildman–Crippen MR) is 239 cm³/mol. The van der Waals surface area contributed by atoms with Gasteiger partial charge < -0.3 is 34.0 Å². The van der Waals surface area contributed by atoms with Crippen LogP contribution in [0.3, 0.4) is 0 Å². The summed E-state index contributed by atoms with van der Waals surface area (Å²) in [4.78, 5) is 22.3. The van der Waals surface area contributed by atoms with Gasteiger partial charge in [0.05, 0.1) is 31.4 Å². The number of allylic oxidation sites excluding steroid dienone is 1. The van der Waals surface area contributed by atoms with E-state index in [1.54, 1.807) is 11.0 Å². The van der Waals surface area contributed by atoms with Crippen LogP contribution in [0, 0.1) is 31.6 Å². The molecule has 0 spiro atoms. The number of aryl methyl sites for hydroxylation is 2. The lowest BCUT2D eigenvalue weighted by atomic mass is 9.55. The van der Waals surface area contributed by atoms with E-state index in [2.05, 4.69) is 69.0 Å². The van der Waals surface area contributed by atoms with E-state index in [-0.39, 0.29) is 57.1 Å². The Morgan fingerprint density at radius 1 is 0.918 bits per heavy atom. The molecule has 4 aromatic rings. The number of fused-ring (bicyclic) bond motifs is 3. The smallest absolute Gasteiger partial charge is 0.410 e.